The van der Waals surface area contributed by atoms with Crippen LogP contribution in [0.4, 0.5) is 0 Å². The molecule has 2 aromatic rings. The lowest BCUT2D eigenvalue weighted by molar-refractivity contribution is -0.122. The third-order valence-electron chi connectivity index (χ3n) is 4.45. The number of rotatable bonds is 7. The van der Waals surface area contributed by atoms with Crippen molar-refractivity contribution in [2.75, 3.05) is 6.54 Å². The number of carbonyl (C=O) groups excluding carboxylic acids is 1. The van der Waals surface area contributed by atoms with Crippen LogP contribution in [-0.2, 0) is 16.8 Å². The molecule has 0 aliphatic heterocycles. The number of amides is 1. The Hall–Kier alpha value is -2.15. The van der Waals surface area contributed by atoms with Crippen molar-refractivity contribution in [2.24, 2.45) is 0 Å². The summed E-state index contributed by atoms with van der Waals surface area (Å²) in [5.41, 5.74) is -1.24. The summed E-state index contributed by atoms with van der Waals surface area (Å²) in [4.78, 5) is 16.3. The molecule has 24 heavy (non-hydrogen) atoms. The van der Waals surface area contributed by atoms with Crippen molar-refractivity contribution in [3.05, 3.63) is 35.9 Å². The summed E-state index contributed by atoms with van der Waals surface area (Å²) in [6, 6.07) is 3.37. The molecule has 1 unspecified atom stereocenters. The van der Waals surface area contributed by atoms with Gasteiger partial charge in [-0.1, -0.05) is 18.0 Å². The molecule has 2 N–H and O–H groups in total. The molecule has 0 aromatic carbocycles. The van der Waals surface area contributed by atoms with E-state index in [4.69, 9.17) is 8.94 Å². The predicted octanol–water partition coefficient (Wildman–Crippen LogP) is 2.28. The molecule has 2 heterocycles. The number of hydrogen-bond acceptors (Lipinski definition) is 6. The van der Waals surface area contributed by atoms with Gasteiger partial charge in [-0.15, -0.1) is 0 Å². The van der Waals surface area contributed by atoms with Gasteiger partial charge in [0.25, 0.3) is 0 Å². The van der Waals surface area contributed by atoms with Crippen LogP contribution in [0.5, 0.6) is 0 Å². The summed E-state index contributed by atoms with van der Waals surface area (Å²) < 4.78 is 10.4. The first kappa shape index (κ1) is 16.7. The Kier molecular flexibility index (Phi) is 4.99. The van der Waals surface area contributed by atoms with Crippen molar-refractivity contribution in [1.82, 2.24) is 15.5 Å². The van der Waals surface area contributed by atoms with Crippen LogP contribution < -0.4 is 5.32 Å². The van der Waals surface area contributed by atoms with Crippen molar-refractivity contribution < 1.29 is 18.8 Å². The van der Waals surface area contributed by atoms with Gasteiger partial charge in [0.1, 0.15) is 11.4 Å². The Bertz CT molecular complexity index is 657. The molecule has 7 heteroatoms. The van der Waals surface area contributed by atoms with Gasteiger partial charge in [-0.3, -0.25) is 4.79 Å². The lowest BCUT2D eigenvalue weighted by atomic mass is 10.0. The minimum atomic E-state index is -1.24. The summed E-state index contributed by atoms with van der Waals surface area (Å²) >= 11 is 0. The fourth-order valence-corrected chi connectivity index (χ4v) is 2.97. The summed E-state index contributed by atoms with van der Waals surface area (Å²) in [7, 11) is 0. The standard InChI is InChI=1S/C17H23N3O4/c1-17(22,13-7-4-10-23-13)11-18-14(21)8-9-15-19-16(20-24-15)12-5-2-3-6-12/h4,7,10,12,22H,2-3,5-6,8-9,11H2,1H3,(H,18,21). The highest BCUT2D eigenvalue weighted by Gasteiger charge is 2.27. The highest BCUT2D eigenvalue weighted by atomic mass is 16.5. The molecule has 7 nitrogen and oxygen atoms in total. The van der Waals surface area contributed by atoms with E-state index in [2.05, 4.69) is 15.5 Å². The predicted molar refractivity (Wildman–Crippen MR) is 85.1 cm³/mol. The Morgan fingerprint density at radius 2 is 2.25 bits per heavy atom. The maximum Gasteiger partial charge on any atom is 0.227 e. The van der Waals surface area contributed by atoms with Crippen molar-refractivity contribution in [3.63, 3.8) is 0 Å². The lowest BCUT2D eigenvalue weighted by Gasteiger charge is -2.21. The third-order valence-corrected chi connectivity index (χ3v) is 4.45. The zero-order chi connectivity index (χ0) is 17.0. The second-order valence-corrected chi connectivity index (χ2v) is 6.56. The van der Waals surface area contributed by atoms with Crippen molar-refractivity contribution in [1.29, 1.82) is 0 Å². The van der Waals surface area contributed by atoms with Crippen molar-refractivity contribution in [2.45, 2.75) is 57.0 Å². The normalized spacial score (nSPS) is 17.8. The van der Waals surface area contributed by atoms with Crippen LogP contribution in [-0.4, -0.2) is 27.7 Å². The zero-order valence-corrected chi connectivity index (χ0v) is 13.8. The second-order valence-electron chi connectivity index (χ2n) is 6.56. The van der Waals surface area contributed by atoms with Gasteiger partial charge < -0.3 is 19.4 Å². The van der Waals surface area contributed by atoms with Crippen LogP contribution in [0.1, 0.15) is 62.4 Å². The highest BCUT2D eigenvalue weighted by molar-refractivity contribution is 5.76. The Labute approximate surface area is 140 Å². The SMILES string of the molecule is CC(O)(CNC(=O)CCc1nc(C2CCCC2)no1)c1ccco1. The Morgan fingerprint density at radius 3 is 2.96 bits per heavy atom. The number of aromatic nitrogens is 2. The van der Waals surface area contributed by atoms with Gasteiger partial charge in [0, 0.05) is 18.8 Å². The molecule has 0 saturated heterocycles. The third kappa shape index (κ3) is 4.03. The smallest absolute Gasteiger partial charge is 0.227 e. The van der Waals surface area contributed by atoms with Crippen LogP contribution in [0.3, 0.4) is 0 Å². The molecule has 1 aliphatic carbocycles. The fraction of sp³-hybridized carbons (Fsp3) is 0.588. The van der Waals surface area contributed by atoms with Crippen LogP contribution in [0.2, 0.25) is 0 Å². The monoisotopic (exact) mass is 333 g/mol. The average Bonchev–Trinajstić information content (AvgIpc) is 3.32. The lowest BCUT2D eigenvalue weighted by Crippen LogP contribution is -2.38. The molecule has 1 amide bonds. The Balaban J connectivity index is 1.44. The molecule has 0 bridgehead atoms. The average molecular weight is 333 g/mol. The summed E-state index contributed by atoms with van der Waals surface area (Å²) in [5.74, 6) is 1.90. The molecule has 130 valence electrons. The molecule has 3 rings (SSSR count). The van der Waals surface area contributed by atoms with Gasteiger partial charge in [0.15, 0.2) is 5.82 Å². The number of nitrogens with zero attached hydrogens (tertiary/aromatic N) is 2. The second kappa shape index (κ2) is 7.17. The van der Waals surface area contributed by atoms with Gasteiger partial charge in [-0.05, 0) is 31.9 Å². The minimum Gasteiger partial charge on any atom is -0.466 e. The number of aliphatic hydroxyl groups is 1. The minimum absolute atomic E-state index is 0.0799. The summed E-state index contributed by atoms with van der Waals surface area (Å²) in [6.07, 6.45) is 6.78. The molecular weight excluding hydrogens is 310 g/mol. The van der Waals surface area contributed by atoms with E-state index in [1.54, 1.807) is 19.1 Å². The fourth-order valence-electron chi connectivity index (χ4n) is 2.97. The zero-order valence-electron chi connectivity index (χ0n) is 13.8. The first-order valence-electron chi connectivity index (χ1n) is 8.40. The molecular formula is C17H23N3O4. The van der Waals surface area contributed by atoms with Gasteiger partial charge in [-0.25, -0.2) is 0 Å². The van der Waals surface area contributed by atoms with Crippen LogP contribution in [0, 0.1) is 0 Å². The molecule has 1 fully saturated rings. The first-order valence-corrected chi connectivity index (χ1v) is 8.40. The molecule has 2 aromatic heterocycles. The first-order chi connectivity index (χ1) is 11.5. The molecule has 1 aliphatic rings. The van der Waals surface area contributed by atoms with Gasteiger partial charge in [0.2, 0.25) is 11.8 Å². The maximum atomic E-state index is 12.0. The van der Waals surface area contributed by atoms with E-state index >= 15 is 0 Å². The van der Waals surface area contributed by atoms with E-state index in [9.17, 15) is 9.90 Å². The van der Waals surface area contributed by atoms with Gasteiger partial charge in [0.05, 0.1) is 12.8 Å². The number of carbonyl (C=O) groups is 1. The maximum absolute atomic E-state index is 12.0. The largest absolute Gasteiger partial charge is 0.466 e. The van der Waals surface area contributed by atoms with E-state index in [0.29, 0.717) is 24.0 Å². The van der Waals surface area contributed by atoms with Crippen molar-refractivity contribution in [3.8, 4) is 0 Å². The molecule has 0 radical (unpaired) electrons. The molecule has 1 saturated carbocycles. The van der Waals surface area contributed by atoms with E-state index in [0.717, 1.165) is 18.7 Å². The van der Waals surface area contributed by atoms with Crippen molar-refractivity contribution >= 4 is 5.91 Å². The topological polar surface area (TPSA) is 101 Å². The summed E-state index contributed by atoms with van der Waals surface area (Å²) in [6.45, 7) is 1.68. The van der Waals surface area contributed by atoms with Gasteiger partial charge in [-0.2, -0.15) is 4.98 Å². The van der Waals surface area contributed by atoms with Crippen LogP contribution >= 0.6 is 0 Å². The van der Waals surface area contributed by atoms with Crippen LogP contribution in [0.25, 0.3) is 0 Å². The van der Waals surface area contributed by atoms with E-state index in [1.165, 1.54) is 19.1 Å². The van der Waals surface area contributed by atoms with E-state index < -0.39 is 5.60 Å². The highest BCUT2D eigenvalue weighted by Crippen LogP contribution is 2.32. The number of nitrogens with one attached hydrogen (secondary N) is 1. The number of furan rings is 1. The molecule has 0 spiro atoms. The van der Waals surface area contributed by atoms with E-state index in [-0.39, 0.29) is 18.9 Å². The quantitative estimate of drug-likeness (QED) is 0.806. The Morgan fingerprint density at radius 1 is 1.46 bits per heavy atom. The molecule has 1 atom stereocenters. The van der Waals surface area contributed by atoms with E-state index in [1.807, 2.05) is 0 Å². The number of hydrogen-bond donors (Lipinski definition) is 2. The van der Waals surface area contributed by atoms with Crippen LogP contribution in [0.15, 0.2) is 27.3 Å². The van der Waals surface area contributed by atoms with Gasteiger partial charge >= 0.3 is 0 Å². The summed E-state index contributed by atoms with van der Waals surface area (Å²) in [5, 5.41) is 17.0. The number of aryl methyl sites for hydroxylation is 1.